The number of fused-ring (bicyclic) bond motifs is 1. The highest BCUT2D eigenvalue weighted by molar-refractivity contribution is 6.30. The number of aromatic nitrogens is 3. The molecule has 142 valence electrons. The molecular weight excluding hydrogens is 382 g/mol. The van der Waals surface area contributed by atoms with E-state index in [4.69, 9.17) is 16.3 Å². The Balaban J connectivity index is 1.50. The quantitative estimate of drug-likeness (QED) is 0.689. The summed E-state index contributed by atoms with van der Waals surface area (Å²) >= 11 is 5.84. The Morgan fingerprint density at radius 3 is 2.61 bits per heavy atom. The molecule has 28 heavy (non-hydrogen) atoms. The van der Waals surface area contributed by atoms with E-state index in [0.717, 1.165) is 11.3 Å². The monoisotopic (exact) mass is 397 g/mol. The first-order chi connectivity index (χ1) is 13.5. The zero-order valence-electron chi connectivity index (χ0n) is 14.8. The van der Waals surface area contributed by atoms with Gasteiger partial charge in [0.25, 0.3) is 5.91 Å². The van der Waals surface area contributed by atoms with Crippen molar-refractivity contribution in [2.75, 3.05) is 17.7 Å². The van der Waals surface area contributed by atoms with Crippen LogP contribution in [0.25, 0.3) is 11.4 Å². The molecule has 0 aliphatic carbocycles. The van der Waals surface area contributed by atoms with Crippen LogP contribution in [-0.2, 0) is 9.59 Å². The van der Waals surface area contributed by atoms with Gasteiger partial charge in [-0.25, -0.2) is 4.68 Å². The summed E-state index contributed by atoms with van der Waals surface area (Å²) in [5, 5.41) is 10.4. The zero-order chi connectivity index (χ0) is 19.7. The fraction of sp³-hybridized carbons (Fsp3) is 0.158. The minimum absolute atomic E-state index is 0.0626. The first-order valence-electron chi connectivity index (χ1n) is 8.51. The van der Waals surface area contributed by atoms with E-state index in [-0.39, 0.29) is 18.2 Å². The lowest BCUT2D eigenvalue weighted by Crippen LogP contribution is -2.23. The molecule has 1 aromatic heterocycles. The largest absolute Gasteiger partial charge is 0.497 e. The van der Waals surface area contributed by atoms with Crippen LogP contribution in [0.5, 0.6) is 5.75 Å². The number of carbonyl (C=O) groups is 2. The van der Waals surface area contributed by atoms with Gasteiger partial charge in [0.15, 0.2) is 5.82 Å². The summed E-state index contributed by atoms with van der Waals surface area (Å²) in [7, 11) is 1.59. The van der Waals surface area contributed by atoms with Crippen LogP contribution in [0, 0.1) is 0 Å². The molecule has 0 fully saturated rings. The van der Waals surface area contributed by atoms with E-state index in [1.54, 1.807) is 43.5 Å². The SMILES string of the molecule is COc1ccc(-c2nc3n(n2)[C@H](CC(=O)Nc2ccc(Cl)cc2)C(=O)N3)cc1. The normalized spacial score (nSPS) is 15.1. The number of benzene rings is 2. The lowest BCUT2D eigenvalue weighted by Gasteiger charge is -2.10. The maximum Gasteiger partial charge on any atom is 0.252 e. The number of ether oxygens (including phenoxy) is 1. The third kappa shape index (κ3) is 3.54. The van der Waals surface area contributed by atoms with Crippen LogP contribution < -0.4 is 15.4 Å². The molecule has 0 radical (unpaired) electrons. The van der Waals surface area contributed by atoms with Crippen LogP contribution in [0.4, 0.5) is 11.6 Å². The Kier molecular flexibility index (Phi) is 4.70. The fourth-order valence-electron chi connectivity index (χ4n) is 2.89. The van der Waals surface area contributed by atoms with Gasteiger partial charge in [0, 0.05) is 16.3 Å². The molecule has 0 saturated carbocycles. The Labute approximate surface area is 165 Å². The second-order valence-electron chi connectivity index (χ2n) is 6.20. The van der Waals surface area contributed by atoms with Crippen LogP contribution in [0.2, 0.25) is 5.02 Å². The Morgan fingerprint density at radius 2 is 1.93 bits per heavy atom. The minimum Gasteiger partial charge on any atom is -0.497 e. The van der Waals surface area contributed by atoms with Gasteiger partial charge in [-0.2, -0.15) is 4.98 Å². The molecular formula is C19H16ClN5O3. The van der Waals surface area contributed by atoms with Crippen molar-refractivity contribution in [3.8, 4) is 17.1 Å². The second-order valence-corrected chi connectivity index (χ2v) is 6.63. The van der Waals surface area contributed by atoms with Crippen molar-refractivity contribution in [3.05, 3.63) is 53.6 Å². The number of carbonyl (C=O) groups excluding carboxylic acids is 2. The van der Waals surface area contributed by atoms with E-state index in [1.165, 1.54) is 4.68 Å². The third-order valence-corrected chi connectivity index (χ3v) is 4.57. The van der Waals surface area contributed by atoms with Crippen LogP contribution in [-0.4, -0.2) is 33.7 Å². The van der Waals surface area contributed by atoms with Gasteiger partial charge in [0.05, 0.1) is 13.5 Å². The molecule has 2 aromatic carbocycles. The molecule has 0 unspecified atom stereocenters. The van der Waals surface area contributed by atoms with Gasteiger partial charge in [-0.05, 0) is 48.5 Å². The predicted octanol–water partition coefficient (Wildman–Crippen LogP) is 3.13. The first-order valence-corrected chi connectivity index (χ1v) is 8.88. The molecule has 0 spiro atoms. The van der Waals surface area contributed by atoms with E-state index in [1.807, 2.05) is 12.1 Å². The van der Waals surface area contributed by atoms with Gasteiger partial charge >= 0.3 is 0 Å². The molecule has 4 rings (SSSR count). The first kappa shape index (κ1) is 18.0. The number of nitrogens with zero attached hydrogens (tertiary/aromatic N) is 3. The molecule has 2 amide bonds. The van der Waals surface area contributed by atoms with Crippen molar-refractivity contribution < 1.29 is 14.3 Å². The highest BCUT2D eigenvalue weighted by Crippen LogP contribution is 2.29. The summed E-state index contributed by atoms with van der Waals surface area (Å²) in [4.78, 5) is 28.9. The minimum atomic E-state index is -0.762. The Morgan fingerprint density at radius 1 is 1.21 bits per heavy atom. The van der Waals surface area contributed by atoms with E-state index in [0.29, 0.717) is 22.5 Å². The fourth-order valence-corrected chi connectivity index (χ4v) is 3.02. The Hall–Kier alpha value is -3.39. The molecule has 2 N–H and O–H groups in total. The molecule has 9 heteroatoms. The number of anilines is 2. The maximum absolute atomic E-state index is 12.4. The van der Waals surface area contributed by atoms with Gasteiger partial charge in [-0.15, -0.1) is 5.10 Å². The molecule has 1 atom stereocenters. The molecule has 8 nitrogen and oxygen atoms in total. The summed E-state index contributed by atoms with van der Waals surface area (Å²) in [5.41, 5.74) is 1.38. The smallest absolute Gasteiger partial charge is 0.252 e. The highest BCUT2D eigenvalue weighted by atomic mass is 35.5. The second kappa shape index (κ2) is 7.32. The molecule has 1 aliphatic heterocycles. The lowest BCUT2D eigenvalue weighted by atomic mass is 10.2. The van der Waals surface area contributed by atoms with Crippen molar-refractivity contribution in [3.63, 3.8) is 0 Å². The van der Waals surface area contributed by atoms with Crippen molar-refractivity contribution in [2.24, 2.45) is 0 Å². The van der Waals surface area contributed by atoms with Gasteiger partial charge in [-0.3, -0.25) is 14.9 Å². The predicted molar refractivity (Wildman–Crippen MR) is 104 cm³/mol. The van der Waals surface area contributed by atoms with Gasteiger partial charge in [0.1, 0.15) is 11.8 Å². The number of nitrogens with one attached hydrogen (secondary N) is 2. The van der Waals surface area contributed by atoms with Crippen LogP contribution >= 0.6 is 11.6 Å². The van der Waals surface area contributed by atoms with Gasteiger partial charge in [0.2, 0.25) is 11.9 Å². The Bertz CT molecular complexity index is 1030. The van der Waals surface area contributed by atoms with Gasteiger partial charge < -0.3 is 10.1 Å². The number of hydrogen-bond donors (Lipinski definition) is 2. The summed E-state index contributed by atoms with van der Waals surface area (Å²) < 4.78 is 6.59. The van der Waals surface area contributed by atoms with Crippen molar-refractivity contribution >= 4 is 35.1 Å². The number of rotatable bonds is 5. The molecule has 1 aliphatic rings. The van der Waals surface area contributed by atoms with E-state index < -0.39 is 6.04 Å². The topological polar surface area (TPSA) is 98.1 Å². The average molecular weight is 398 g/mol. The standard InChI is InChI=1S/C19H16ClN5O3/c1-28-14-8-2-11(3-9-14)17-22-19-23-18(27)15(25(19)24-17)10-16(26)21-13-6-4-12(20)5-7-13/h2-9,15H,10H2,1H3,(H,21,26)(H,22,23,24,27)/t15-/m1/s1. The van der Waals surface area contributed by atoms with Crippen LogP contribution in [0.3, 0.4) is 0 Å². The number of hydrogen-bond acceptors (Lipinski definition) is 5. The van der Waals surface area contributed by atoms with Crippen molar-refractivity contribution in [1.29, 1.82) is 0 Å². The zero-order valence-corrected chi connectivity index (χ0v) is 15.6. The molecule has 2 heterocycles. The number of amides is 2. The van der Waals surface area contributed by atoms with Gasteiger partial charge in [-0.1, -0.05) is 11.6 Å². The van der Waals surface area contributed by atoms with E-state index in [9.17, 15) is 9.59 Å². The summed E-state index contributed by atoms with van der Waals surface area (Å²) in [5.74, 6) is 0.876. The number of halogens is 1. The van der Waals surface area contributed by atoms with Crippen LogP contribution in [0.15, 0.2) is 48.5 Å². The lowest BCUT2D eigenvalue weighted by molar-refractivity contribution is -0.123. The number of methoxy groups -OCH3 is 1. The molecule has 0 saturated heterocycles. The summed E-state index contributed by atoms with van der Waals surface area (Å²) in [6, 6.07) is 13.2. The molecule has 3 aromatic rings. The van der Waals surface area contributed by atoms with Crippen LogP contribution in [0.1, 0.15) is 12.5 Å². The summed E-state index contributed by atoms with van der Waals surface area (Å²) in [6.07, 6.45) is -0.0626. The third-order valence-electron chi connectivity index (χ3n) is 4.32. The van der Waals surface area contributed by atoms with E-state index >= 15 is 0 Å². The molecule has 0 bridgehead atoms. The average Bonchev–Trinajstić information content (AvgIpc) is 3.22. The van der Waals surface area contributed by atoms with Crippen molar-refractivity contribution in [2.45, 2.75) is 12.5 Å². The van der Waals surface area contributed by atoms with Crippen molar-refractivity contribution in [1.82, 2.24) is 14.8 Å². The summed E-state index contributed by atoms with van der Waals surface area (Å²) in [6.45, 7) is 0. The van der Waals surface area contributed by atoms with E-state index in [2.05, 4.69) is 20.7 Å². The maximum atomic E-state index is 12.4. The highest BCUT2D eigenvalue weighted by Gasteiger charge is 2.35.